The lowest BCUT2D eigenvalue weighted by Crippen LogP contribution is -2.58. The molecule has 3 aromatic heterocycles. The molecule has 0 spiro atoms. The summed E-state index contributed by atoms with van der Waals surface area (Å²) in [5.41, 5.74) is 8.66. The Hall–Kier alpha value is -4.38. The Labute approximate surface area is 252 Å². The van der Waals surface area contributed by atoms with Crippen molar-refractivity contribution in [1.82, 2.24) is 24.0 Å². The minimum absolute atomic E-state index is 0.134. The van der Waals surface area contributed by atoms with Crippen molar-refractivity contribution in [2.24, 2.45) is 12.8 Å². The number of aryl methyl sites for hydroxylation is 2. The highest BCUT2D eigenvalue weighted by atomic mass is 16.2. The fourth-order valence-electron chi connectivity index (χ4n) is 5.85. The number of likely N-dealkylation sites (N-methyl/N-ethyl adjacent to an activating group) is 1. The molecule has 1 fully saturated rings. The van der Waals surface area contributed by atoms with Gasteiger partial charge in [-0.3, -0.25) is 14.4 Å². The summed E-state index contributed by atoms with van der Waals surface area (Å²) < 4.78 is 2.92. The Morgan fingerprint density at radius 3 is 2.47 bits per heavy atom. The summed E-state index contributed by atoms with van der Waals surface area (Å²) in [6.45, 7) is 10.4. The summed E-state index contributed by atoms with van der Waals surface area (Å²) in [6.07, 6.45) is 4.78. The van der Waals surface area contributed by atoms with Gasteiger partial charge in [0.05, 0.1) is 11.7 Å². The zero-order chi connectivity index (χ0) is 31.4. The number of pyridine rings is 1. The van der Waals surface area contributed by atoms with E-state index in [9.17, 15) is 14.4 Å². The van der Waals surface area contributed by atoms with Crippen molar-refractivity contribution >= 4 is 61.0 Å². The van der Waals surface area contributed by atoms with Crippen LogP contribution >= 0.6 is 0 Å². The van der Waals surface area contributed by atoms with Crippen LogP contribution in [0.5, 0.6) is 0 Å². The fraction of sp³-hybridized carbons (Fsp3) is 0.367. The highest BCUT2D eigenvalue weighted by Gasteiger charge is 2.33. The van der Waals surface area contributed by atoms with Crippen molar-refractivity contribution in [2.45, 2.75) is 39.8 Å². The topological polar surface area (TPSA) is 131 Å². The third kappa shape index (κ3) is 5.45. The number of nitrogens with two attached hydrogens (primary N) is 1. The molecule has 4 heterocycles. The number of piperazine rings is 1. The molecule has 1 saturated heterocycles. The van der Waals surface area contributed by atoms with Gasteiger partial charge in [-0.15, -0.1) is 0 Å². The Morgan fingerprint density at radius 1 is 1.07 bits per heavy atom. The predicted octanol–water partition coefficient (Wildman–Crippen LogP) is 0.269. The van der Waals surface area contributed by atoms with Gasteiger partial charge in [-0.05, 0) is 57.5 Å². The van der Waals surface area contributed by atoms with Crippen molar-refractivity contribution in [3.8, 4) is 11.1 Å². The summed E-state index contributed by atoms with van der Waals surface area (Å²) in [5.74, 6) is -0.208. The number of aromatic nitrogens is 4. The molecule has 0 aliphatic carbocycles. The largest absolute Gasteiger partial charge is 0.366 e. The van der Waals surface area contributed by atoms with E-state index in [0.29, 0.717) is 28.0 Å². The molecule has 13 heteroatoms. The molecular weight excluding hydrogens is 542 g/mol. The van der Waals surface area contributed by atoms with Crippen molar-refractivity contribution in [2.75, 3.05) is 36.9 Å². The van der Waals surface area contributed by atoms with Crippen LogP contribution in [0.3, 0.4) is 0 Å². The molecular formula is C30H34B2N8O3. The van der Waals surface area contributed by atoms with Gasteiger partial charge in [-0.2, -0.15) is 0 Å². The van der Waals surface area contributed by atoms with E-state index < -0.39 is 5.91 Å². The van der Waals surface area contributed by atoms with E-state index in [0.717, 1.165) is 31.0 Å². The molecule has 3 N–H and O–H groups in total. The van der Waals surface area contributed by atoms with Gasteiger partial charge in [0.15, 0.2) is 0 Å². The number of hydrogen-bond donors (Lipinski definition) is 2. The first-order valence-electron chi connectivity index (χ1n) is 14.0. The monoisotopic (exact) mass is 576 g/mol. The van der Waals surface area contributed by atoms with E-state index in [4.69, 9.17) is 21.4 Å². The van der Waals surface area contributed by atoms with E-state index in [1.807, 2.05) is 13.0 Å². The molecule has 1 aromatic carbocycles. The van der Waals surface area contributed by atoms with Crippen molar-refractivity contribution < 1.29 is 9.59 Å². The molecule has 218 valence electrons. The molecule has 5 rings (SSSR count). The zero-order valence-corrected chi connectivity index (χ0v) is 25.4. The van der Waals surface area contributed by atoms with Crippen LogP contribution in [0, 0.1) is 13.8 Å². The summed E-state index contributed by atoms with van der Waals surface area (Å²) in [7, 11) is 16.3. The van der Waals surface area contributed by atoms with Crippen molar-refractivity contribution in [1.29, 1.82) is 0 Å². The molecule has 1 aliphatic heterocycles. The van der Waals surface area contributed by atoms with Gasteiger partial charge in [0.25, 0.3) is 5.56 Å². The third-order valence-electron chi connectivity index (χ3n) is 8.22. The number of nitrogens with zero attached hydrogens (tertiary/aromatic N) is 6. The van der Waals surface area contributed by atoms with Crippen LogP contribution in [0.25, 0.3) is 22.2 Å². The second-order valence-electron chi connectivity index (χ2n) is 11.9. The number of benzene rings is 1. The first kappa shape index (κ1) is 30.1. The average Bonchev–Trinajstić information content (AvgIpc) is 3.28. The minimum Gasteiger partial charge on any atom is -0.366 e. The Bertz CT molecular complexity index is 1850. The number of primary amides is 1. The fourth-order valence-corrected chi connectivity index (χ4v) is 5.85. The second-order valence-corrected chi connectivity index (χ2v) is 11.9. The first-order valence-corrected chi connectivity index (χ1v) is 14.0. The van der Waals surface area contributed by atoms with E-state index in [-0.39, 0.29) is 45.4 Å². The lowest BCUT2D eigenvalue weighted by Gasteiger charge is -2.47. The minimum atomic E-state index is -0.674. The Balaban J connectivity index is 1.52. The zero-order valence-electron chi connectivity index (χ0n) is 25.4. The smallest absolute Gasteiger partial charge is 0.263 e. The molecule has 4 radical (unpaired) electrons. The number of rotatable bonds is 6. The first-order chi connectivity index (χ1) is 20.2. The highest BCUT2D eigenvalue weighted by Crippen LogP contribution is 2.30. The lowest BCUT2D eigenvalue weighted by atomic mass is 9.72. The molecule has 43 heavy (non-hydrogen) atoms. The van der Waals surface area contributed by atoms with Crippen LogP contribution < -0.4 is 32.4 Å². The highest BCUT2D eigenvalue weighted by molar-refractivity contribution is 6.52. The SMILES string of the molecule is [B]c1c(-c2cn(CC(=O)Nc3cc(N4CCN(C)CC4(C)C)ncc3C)c3ncn(C)c(=O)c23)cc(C(N)=O)c(C)c1[B]. The van der Waals surface area contributed by atoms with E-state index in [2.05, 4.69) is 46.0 Å². The summed E-state index contributed by atoms with van der Waals surface area (Å²) in [4.78, 5) is 52.6. The van der Waals surface area contributed by atoms with Crippen LogP contribution in [0.4, 0.5) is 11.5 Å². The summed E-state index contributed by atoms with van der Waals surface area (Å²) in [6, 6.07) is 3.42. The van der Waals surface area contributed by atoms with Crippen LogP contribution in [0.1, 0.15) is 35.3 Å². The van der Waals surface area contributed by atoms with E-state index >= 15 is 0 Å². The van der Waals surface area contributed by atoms with Gasteiger partial charge in [-0.1, -0.05) is 10.9 Å². The lowest BCUT2D eigenvalue weighted by molar-refractivity contribution is -0.116. The molecule has 0 bridgehead atoms. The quantitative estimate of drug-likeness (QED) is 0.315. The van der Waals surface area contributed by atoms with Crippen molar-refractivity contribution in [3.63, 3.8) is 0 Å². The standard InChI is InChI=1S/C30H34B2N8O3/c1-16-11-34-22(40-8-7-37(5)14-30(40,3)4)10-21(16)36-23(41)13-39-12-20(24-28(39)35-15-38(6)29(24)43)19-9-18(27(33)42)17(2)25(31)26(19)32/h9-12,15H,7-8,13-14H2,1-6H3,(H2,33,42)(H,34,36,41). The third-order valence-corrected chi connectivity index (χ3v) is 8.22. The van der Waals surface area contributed by atoms with Crippen LogP contribution in [-0.2, 0) is 18.4 Å². The Morgan fingerprint density at radius 2 is 1.79 bits per heavy atom. The number of hydrogen-bond acceptors (Lipinski definition) is 7. The van der Waals surface area contributed by atoms with Gasteiger partial charge < -0.3 is 30.0 Å². The average molecular weight is 576 g/mol. The molecule has 0 saturated carbocycles. The van der Waals surface area contributed by atoms with Crippen molar-refractivity contribution in [3.05, 3.63) is 57.9 Å². The maximum absolute atomic E-state index is 13.5. The van der Waals surface area contributed by atoms with E-state index in [1.54, 1.807) is 30.9 Å². The normalized spacial score (nSPS) is 15.2. The molecule has 4 aromatic rings. The van der Waals surface area contributed by atoms with Gasteiger partial charge in [0, 0.05) is 67.5 Å². The van der Waals surface area contributed by atoms with Crippen LogP contribution in [0.15, 0.2) is 35.6 Å². The van der Waals surface area contributed by atoms with Gasteiger partial charge in [-0.25, -0.2) is 9.97 Å². The number of nitrogens with one attached hydrogen (secondary N) is 1. The maximum Gasteiger partial charge on any atom is 0.263 e. The number of carbonyl (C=O) groups excluding carboxylic acids is 2. The number of carbonyl (C=O) groups is 2. The van der Waals surface area contributed by atoms with Crippen LogP contribution in [0.2, 0.25) is 0 Å². The number of amides is 2. The van der Waals surface area contributed by atoms with Crippen LogP contribution in [-0.4, -0.2) is 83.7 Å². The maximum atomic E-state index is 13.5. The van der Waals surface area contributed by atoms with Gasteiger partial charge in [0.2, 0.25) is 11.8 Å². The Kier molecular flexibility index (Phi) is 7.72. The van der Waals surface area contributed by atoms with E-state index in [1.165, 1.54) is 17.0 Å². The number of anilines is 2. The molecule has 2 amide bonds. The second kappa shape index (κ2) is 11.0. The molecule has 0 unspecified atom stereocenters. The number of fused-ring (bicyclic) bond motifs is 1. The predicted molar refractivity (Wildman–Crippen MR) is 171 cm³/mol. The van der Waals surface area contributed by atoms with Gasteiger partial charge >= 0.3 is 0 Å². The molecule has 0 atom stereocenters. The van der Waals surface area contributed by atoms with Gasteiger partial charge in [0.1, 0.15) is 33.7 Å². The summed E-state index contributed by atoms with van der Waals surface area (Å²) >= 11 is 0. The molecule has 1 aliphatic rings. The summed E-state index contributed by atoms with van der Waals surface area (Å²) in [5, 5.41) is 3.25. The molecule has 11 nitrogen and oxygen atoms in total.